The summed E-state index contributed by atoms with van der Waals surface area (Å²) in [5.74, 6) is 0. The van der Waals surface area contributed by atoms with Crippen LogP contribution in [0.4, 0.5) is 34.1 Å². The summed E-state index contributed by atoms with van der Waals surface area (Å²) in [5.41, 5.74) is 19.5. The van der Waals surface area contributed by atoms with Crippen molar-refractivity contribution in [2.45, 2.75) is 52.4 Å². The number of fused-ring (bicyclic) bond motifs is 11. The van der Waals surface area contributed by atoms with E-state index >= 15 is 0 Å². The van der Waals surface area contributed by atoms with Gasteiger partial charge in [-0.1, -0.05) is 181 Å². The minimum atomic E-state index is -0.0314. The quantitative estimate of drug-likeness (QED) is 0.144. The van der Waals surface area contributed by atoms with Gasteiger partial charge in [-0.3, -0.25) is 0 Å². The smallest absolute Gasteiger partial charge is 0.0542 e. The van der Waals surface area contributed by atoms with Crippen molar-refractivity contribution >= 4 is 121 Å². The van der Waals surface area contributed by atoms with Gasteiger partial charge in [0, 0.05) is 82.9 Å². The monoisotopic (exact) mass is 1120 g/mol. The van der Waals surface area contributed by atoms with Crippen LogP contribution in [0.15, 0.2) is 285 Å². The van der Waals surface area contributed by atoms with Crippen LogP contribution in [-0.2, 0) is 10.8 Å². The molecule has 0 unspecified atom stereocenters. The van der Waals surface area contributed by atoms with Crippen LogP contribution in [0.2, 0.25) is 0 Å². The second-order valence-corrected chi connectivity index (χ2v) is 25.4. The zero-order valence-corrected chi connectivity index (χ0v) is 49.9. The number of anilines is 6. The Morgan fingerprint density at radius 2 is 0.494 bits per heavy atom. The van der Waals surface area contributed by atoms with Gasteiger partial charge >= 0.3 is 0 Å². The van der Waals surface area contributed by atoms with Crippen LogP contribution < -0.4 is 9.80 Å². The molecular formula is C82H65N5. The zero-order valence-electron chi connectivity index (χ0n) is 49.9. The molecule has 0 aliphatic carbocycles. The van der Waals surface area contributed by atoms with E-state index in [1.807, 2.05) is 0 Å². The SMILES string of the molecule is CC(C)(C)c1ccc2c(c1)c1cc(N(c3ccc4c(c3)c3cc(N(c5ccc6c(c5)c5cc(C(C)(C)C)ccc5n6-c5ccccc5)c5cccc6ccccc56)ccc3n4-c3ccccc3)c3cccc4ccccc34)ccc1n2-c1ccccc1. The number of nitrogens with zero attached hydrogens (tertiary/aromatic N) is 5. The van der Waals surface area contributed by atoms with E-state index in [0.717, 1.165) is 73.0 Å². The molecule has 0 saturated carbocycles. The molecular weight excluding hydrogens is 1050 g/mol. The van der Waals surface area contributed by atoms with E-state index < -0.39 is 0 Å². The highest BCUT2D eigenvalue weighted by Crippen LogP contribution is 2.48. The van der Waals surface area contributed by atoms with Gasteiger partial charge in [0.15, 0.2) is 0 Å². The van der Waals surface area contributed by atoms with Gasteiger partial charge in [0.2, 0.25) is 0 Å². The summed E-state index contributed by atoms with van der Waals surface area (Å²) in [5, 5.41) is 11.9. The number of hydrogen-bond donors (Lipinski definition) is 0. The minimum Gasteiger partial charge on any atom is -0.310 e. The lowest BCUT2D eigenvalue weighted by atomic mass is 9.86. The molecule has 16 aromatic rings. The van der Waals surface area contributed by atoms with Crippen molar-refractivity contribution in [3.63, 3.8) is 0 Å². The molecule has 5 nitrogen and oxygen atoms in total. The molecule has 0 saturated heterocycles. The summed E-state index contributed by atoms with van der Waals surface area (Å²) in [7, 11) is 0. The fraction of sp³-hybridized carbons (Fsp3) is 0.0976. The predicted octanol–water partition coefficient (Wildman–Crippen LogP) is 22.8. The van der Waals surface area contributed by atoms with Crippen molar-refractivity contribution in [3.8, 4) is 17.1 Å². The standard InChI is InChI=1S/C82H65N5/c1-81(2,3)56-36-42-75-67(48-56)69-50-61(38-44-77(69)85(75)58-26-10-7-11-27-58)83(73-34-20-24-54-22-16-18-32-65(54)73)63-40-46-79-71(52-63)72-53-64(41-47-80(72)87(79)60-30-14-9-15-31-60)84(74-35-21-25-55-23-17-19-33-66(55)74)62-39-45-78-70(51-62)68-49-57(82(4,5)6)37-43-76(68)86(78)59-28-12-8-13-29-59/h7-53H,1-6H3. The lowest BCUT2D eigenvalue weighted by molar-refractivity contribution is 0.591. The Labute approximate surface area is 507 Å². The first kappa shape index (κ1) is 52.0. The van der Waals surface area contributed by atoms with Crippen molar-refractivity contribution in [2.75, 3.05) is 9.80 Å². The molecule has 16 rings (SSSR count). The molecule has 5 heteroatoms. The third-order valence-electron chi connectivity index (χ3n) is 18.1. The molecule has 0 bridgehead atoms. The molecule has 0 aliphatic heterocycles. The van der Waals surface area contributed by atoms with E-state index in [4.69, 9.17) is 0 Å². The molecule has 0 N–H and O–H groups in total. The summed E-state index contributed by atoms with van der Waals surface area (Å²) < 4.78 is 7.30. The van der Waals surface area contributed by atoms with Gasteiger partial charge in [0.25, 0.3) is 0 Å². The summed E-state index contributed by atoms with van der Waals surface area (Å²) in [6.45, 7) is 13.8. The van der Waals surface area contributed by atoms with Crippen LogP contribution in [0.1, 0.15) is 52.7 Å². The van der Waals surface area contributed by atoms with Crippen LogP contribution in [0, 0.1) is 0 Å². The number of para-hydroxylation sites is 3. The average Bonchev–Trinajstić information content (AvgIpc) is 2.29. The molecule has 13 aromatic carbocycles. The lowest BCUT2D eigenvalue weighted by Crippen LogP contribution is -2.11. The third-order valence-corrected chi connectivity index (χ3v) is 18.1. The Kier molecular flexibility index (Phi) is 12.0. The molecule has 3 heterocycles. The zero-order chi connectivity index (χ0) is 58.7. The normalized spacial score (nSPS) is 12.3. The summed E-state index contributed by atoms with van der Waals surface area (Å²) in [6, 6.07) is 106. The highest BCUT2D eigenvalue weighted by atomic mass is 15.2. The third kappa shape index (κ3) is 8.59. The van der Waals surface area contributed by atoms with Crippen LogP contribution >= 0.6 is 0 Å². The van der Waals surface area contributed by atoms with Gasteiger partial charge in [-0.2, -0.15) is 0 Å². The topological polar surface area (TPSA) is 21.3 Å². The largest absolute Gasteiger partial charge is 0.310 e. The molecule has 0 fully saturated rings. The van der Waals surface area contributed by atoms with Crippen LogP contribution in [-0.4, -0.2) is 13.7 Å². The van der Waals surface area contributed by atoms with E-state index in [1.165, 1.54) is 76.3 Å². The van der Waals surface area contributed by atoms with Gasteiger partial charge in [-0.15, -0.1) is 0 Å². The molecule has 0 amide bonds. The van der Waals surface area contributed by atoms with Gasteiger partial charge in [0.1, 0.15) is 0 Å². The minimum absolute atomic E-state index is 0.0314. The second kappa shape index (κ2) is 20.0. The van der Waals surface area contributed by atoms with Gasteiger partial charge < -0.3 is 23.5 Å². The van der Waals surface area contributed by atoms with Crippen molar-refractivity contribution in [1.82, 2.24) is 13.7 Å². The summed E-state index contributed by atoms with van der Waals surface area (Å²) in [6.07, 6.45) is 0. The van der Waals surface area contributed by atoms with E-state index in [0.29, 0.717) is 0 Å². The fourth-order valence-corrected chi connectivity index (χ4v) is 13.7. The maximum absolute atomic E-state index is 2.49. The highest BCUT2D eigenvalue weighted by Gasteiger charge is 2.26. The Balaban J connectivity index is 0.952. The van der Waals surface area contributed by atoms with E-state index in [-0.39, 0.29) is 10.8 Å². The summed E-state index contributed by atoms with van der Waals surface area (Å²) in [4.78, 5) is 4.98. The van der Waals surface area contributed by atoms with Crippen LogP contribution in [0.3, 0.4) is 0 Å². The second-order valence-electron chi connectivity index (χ2n) is 25.4. The predicted molar refractivity (Wildman–Crippen MR) is 371 cm³/mol. The van der Waals surface area contributed by atoms with Crippen LogP contribution in [0.25, 0.3) is 104 Å². The maximum atomic E-state index is 2.49. The highest BCUT2D eigenvalue weighted by molar-refractivity contribution is 6.16. The molecule has 0 aliphatic rings. The van der Waals surface area contributed by atoms with Gasteiger partial charge in [-0.05, 0) is 178 Å². The van der Waals surface area contributed by atoms with Crippen molar-refractivity contribution in [3.05, 3.63) is 296 Å². The Morgan fingerprint density at radius 1 is 0.230 bits per heavy atom. The average molecular weight is 1120 g/mol. The van der Waals surface area contributed by atoms with E-state index in [9.17, 15) is 0 Å². The lowest BCUT2D eigenvalue weighted by Gasteiger charge is -2.27. The van der Waals surface area contributed by atoms with E-state index in [2.05, 4.69) is 350 Å². The number of rotatable bonds is 9. The molecule has 0 atom stereocenters. The molecule has 0 radical (unpaired) electrons. The Hall–Kier alpha value is -10.6. The number of aromatic nitrogens is 3. The molecule has 418 valence electrons. The first-order valence-corrected chi connectivity index (χ1v) is 30.4. The molecule has 0 spiro atoms. The first-order chi connectivity index (χ1) is 42.4. The summed E-state index contributed by atoms with van der Waals surface area (Å²) >= 11 is 0. The van der Waals surface area contributed by atoms with Crippen molar-refractivity contribution in [2.24, 2.45) is 0 Å². The van der Waals surface area contributed by atoms with Crippen LogP contribution in [0.5, 0.6) is 0 Å². The van der Waals surface area contributed by atoms with E-state index in [1.54, 1.807) is 0 Å². The number of benzene rings is 13. The van der Waals surface area contributed by atoms with Crippen molar-refractivity contribution in [1.29, 1.82) is 0 Å². The molecule has 87 heavy (non-hydrogen) atoms. The fourth-order valence-electron chi connectivity index (χ4n) is 13.7. The van der Waals surface area contributed by atoms with Gasteiger partial charge in [0.05, 0.1) is 44.5 Å². The van der Waals surface area contributed by atoms with Crippen molar-refractivity contribution < 1.29 is 0 Å². The molecule has 3 aromatic heterocycles. The maximum Gasteiger partial charge on any atom is 0.0542 e. The Bertz CT molecular complexity index is 5030. The number of hydrogen-bond acceptors (Lipinski definition) is 2. The first-order valence-electron chi connectivity index (χ1n) is 30.4. The Morgan fingerprint density at radius 3 is 0.805 bits per heavy atom. The van der Waals surface area contributed by atoms with Gasteiger partial charge in [-0.25, -0.2) is 0 Å².